The molecular formula is C22H23N. The summed E-state index contributed by atoms with van der Waals surface area (Å²) in [6.45, 7) is 4.40. The molecule has 0 atom stereocenters. The summed E-state index contributed by atoms with van der Waals surface area (Å²) in [5.41, 5.74) is 12.0. The van der Waals surface area contributed by atoms with Crippen LogP contribution in [0.5, 0.6) is 0 Å². The van der Waals surface area contributed by atoms with E-state index in [1.807, 2.05) is 6.07 Å². The van der Waals surface area contributed by atoms with Gasteiger partial charge in [-0.15, -0.1) is 0 Å². The highest BCUT2D eigenvalue weighted by Gasteiger charge is 2.06. The molecule has 1 nitrogen and oxygen atoms in total. The van der Waals surface area contributed by atoms with Gasteiger partial charge >= 0.3 is 0 Å². The zero-order valence-electron chi connectivity index (χ0n) is 13.8. The van der Waals surface area contributed by atoms with Crippen molar-refractivity contribution < 1.29 is 0 Å². The molecule has 0 saturated carbocycles. The van der Waals surface area contributed by atoms with Gasteiger partial charge in [0.2, 0.25) is 0 Å². The second-order valence-electron chi connectivity index (χ2n) is 5.86. The van der Waals surface area contributed by atoms with Crippen LogP contribution in [0, 0.1) is 0 Å². The van der Waals surface area contributed by atoms with Crippen LogP contribution in [0.15, 0.2) is 60.7 Å². The SMILES string of the molecule is CCC(=Cc1ccc(N)cc1CC)c1cccc2ccccc12. The van der Waals surface area contributed by atoms with Crippen LogP contribution in [0.3, 0.4) is 0 Å². The van der Waals surface area contributed by atoms with E-state index in [0.717, 1.165) is 18.5 Å². The Morgan fingerprint density at radius 1 is 0.957 bits per heavy atom. The van der Waals surface area contributed by atoms with Crippen LogP contribution < -0.4 is 5.73 Å². The maximum absolute atomic E-state index is 5.93. The second kappa shape index (κ2) is 6.70. The molecule has 3 rings (SSSR count). The summed E-state index contributed by atoms with van der Waals surface area (Å²) in [4.78, 5) is 0. The molecule has 1 heteroatoms. The Balaban J connectivity index is 2.16. The predicted molar refractivity (Wildman–Crippen MR) is 102 cm³/mol. The first-order valence-corrected chi connectivity index (χ1v) is 8.30. The molecule has 0 spiro atoms. The van der Waals surface area contributed by atoms with Crippen LogP contribution in [0.25, 0.3) is 22.4 Å². The lowest BCUT2D eigenvalue weighted by Crippen LogP contribution is -1.93. The third-order valence-electron chi connectivity index (χ3n) is 4.39. The van der Waals surface area contributed by atoms with Crippen LogP contribution >= 0.6 is 0 Å². The van der Waals surface area contributed by atoms with Gasteiger partial charge in [0.1, 0.15) is 0 Å². The predicted octanol–water partition coefficient (Wildman–Crippen LogP) is 5.94. The lowest BCUT2D eigenvalue weighted by atomic mass is 9.93. The Bertz CT molecular complexity index is 853. The molecule has 3 aromatic carbocycles. The Labute approximate surface area is 138 Å². The molecule has 0 aliphatic carbocycles. The summed E-state index contributed by atoms with van der Waals surface area (Å²) in [5.74, 6) is 0. The number of fused-ring (bicyclic) bond motifs is 1. The summed E-state index contributed by atoms with van der Waals surface area (Å²) in [7, 11) is 0. The maximum atomic E-state index is 5.93. The minimum Gasteiger partial charge on any atom is -0.399 e. The summed E-state index contributed by atoms with van der Waals surface area (Å²) in [5, 5.41) is 2.61. The van der Waals surface area contributed by atoms with Gasteiger partial charge in [0.25, 0.3) is 0 Å². The number of benzene rings is 3. The Kier molecular flexibility index (Phi) is 4.47. The fraction of sp³-hybridized carbons (Fsp3) is 0.182. The smallest absolute Gasteiger partial charge is 0.0317 e. The molecule has 23 heavy (non-hydrogen) atoms. The summed E-state index contributed by atoms with van der Waals surface area (Å²) in [6.07, 6.45) is 4.31. The molecular weight excluding hydrogens is 278 g/mol. The highest BCUT2D eigenvalue weighted by atomic mass is 14.5. The van der Waals surface area contributed by atoms with Crippen LogP contribution in [0.1, 0.15) is 37.0 Å². The van der Waals surface area contributed by atoms with Crippen LogP contribution in [0.2, 0.25) is 0 Å². The fourth-order valence-corrected chi connectivity index (χ4v) is 3.14. The van der Waals surface area contributed by atoms with E-state index in [0.29, 0.717) is 0 Å². The minimum absolute atomic E-state index is 0.835. The van der Waals surface area contributed by atoms with E-state index >= 15 is 0 Å². The molecule has 3 aromatic rings. The number of anilines is 1. The molecule has 0 aliphatic heterocycles. The molecule has 0 amide bonds. The fourth-order valence-electron chi connectivity index (χ4n) is 3.14. The van der Waals surface area contributed by atoms with E-state index in [9.17, 15) is 0 Å². The number of hydrogen-bond acceptors (Lipinski definition) is 1. The highest BCUT2D eigenvalue weighted by Crippen LogP contribution is 2.30. The number of allylic oxidation sites excluding steroid dienone is 1. The number of nitrogens with two attached hydrogens (primary N) is 1. The normalized spacial score (nSPS) is 11.8. The number of hydrogen-bond donors (Lipinski definition) is 1. The van der Waals surface area contributed by atoms with Crippen molar-refractivity contribution in [2.45, 2.75) is 26.7 Å². The first-order chi connectivity index (χ1) is 11.2. The summed E-state index contributed by atoms with van der Waals surface area (Å²) in [6, 6.07) is 21.3. The van der Waals surface area contributed by atoms with E-state index in [1.54, 1.807) is 0 Å². The van der Waals surface area contributed by atoms with Crippen molar-refractivity contribution in [2.24, 2.45) is 0 Å². The zero-order valence-corrected chi connectivity index (χ0v) is 13.8. The third kappa shape index (κ3) is 3.14. The third-order valence-corrected chi connectivity index (χ3v) is 4.39. The van der Waals surface area contributed by atoms with Crippen LogP contribution in [-0.2, 0) is 6.42 Å². The van der Waals surface area contributed by atoms with Crippen molar-refractivity contribution in [3.05, 3.63) is 77.4 Å². The Morgan fingerprint density at radius 2 is 1.74 bits per heavy atom. The van der Waals surface area contributed by atoms with Gasteiger partial charge in [-0.2, -0.15) is 0 Å². The van der Waals surface area contributed by atoms with Gasteiger partial charge in [0.15, 0.2) is 0 Å². The van der Waals surface area contributed by atoms with Gasteiger partial charge < -0.3 is 5.73 Å². The number of nitrogen functional groups attached to an aromatic ring is 1. The van der Waals surface area contributed by atoms with Crippen LogP contribution in [-0.4, -0.2) is 0 Å². The van der Waals surface area contributed by atoms with Gasteiger partial charge in [-0.25, -0.2) is 0 Å². The van der Waals surface area contributed by atoms with Crippen molar-refractivity contribution in [1.82, 2.24) is 0 Å². The summed E-state index contributed by atoms with van der Waals surface area (Å²) < 4.78 is 0. The minimum atomic E-state index is 0.835. The molecule has 0 aliphatic rings. The number of aryl methyl sites for hydroxylation is 1. The van der Waals surface area contributed by atoms with E-state index in [4.69, 9.17) is 5.73 Å². The highest BCUT2D eigenvalue weighted by molar-refractivity contribution is 5.97. The van der Waals surface area contributed by atoms with Crippen molar-refractivity contribution in [1.29, 1.82) is 0 Å². The molecule has 0 radical (unpaired) electrons. The van der Waals surface area contributed by atoms with Crippen molar-refractivity contribution in [3.63, 3.8) is 0 Å². The maximum Gasteiger partial charge on any atom is 0.0317 e. The molecule has 0 aromatic heterocycles. The van der Waals surface area contributed by atoms with Gasteiger partial charge in [-0.3, -0.25) is 0 Å². The van der Waals surface area contributed by atoms with E-state index < -0.39 is 0 Å². The van der Waals surface area contributed by atoms with Gasteiger partial charge in [0, 0.05) is 5.69 Å². The monoisotopic (exact) mass is 301 g/mol. The molecule has 0 bridgehead atoms. The van der Waals surface area contributed by atoms with Gasteiger partial charge in [0.05, 0.1) is 0 Å². The average Bonchev–Trinajstić information content (AvgIpc) is 2.60. The molecule has 0 saturated heterocycles. The first-order valence-electron chi connectivity index (χ1n) is 8.30. The molecule has 0 fully saturated rings. The molecule has 0 heterocycles. The average molecular weight is 301 g/mol. The lowest BCUT2D eigenvalue weighted by Gasteiger charge is -2.12. The zero-order chi connectivity index (χ0) is 16.2. The molecule has 116 valence electrons. The number of rotatable bonds is 4. The van der Waals surface area contributed by atoms with Crippen molar-refractivity contribution in [3.8, 4) is 0 Å². The molecule has 2 N–H and O–H groups in total. The van der Waals surface area contributed by atoms with E-state index in [1.165, 1.54) is 33.0 Å². The topological polar surface area (TPSA) is 26.0 Å². The van der Waals surface area contributed by atoms with Crippen LogP contribution in [0.4, 0.5) is 5.69 Å². The van der Waals surface area contributed by atoms with E-state index in [2.05, 4.69) is 74.5 Å². The van der Waals surface area contributed by atoms with Gasteiger partial charge in [-0.1, -0.05) is 68.5 Å². The standard InChI is InChI=1S/C22H23N/c1-3-16-15-20(23)13-12-19(16)14-17(4-2)21-11-7-9-18-8-5-6-10-22(18)21/h5-15H,3-4,23H2,1-2H3. The van der Waals surface area contributed by atoms with Crippen molar-refractivity contribution >= 4 is 28.1 Å². The Hall–Kier alpha value is -2.54. The lowest BCUT2D eigenvalue weighted by molar-refractivity contribution is 1.13. The second-order valence-corrected chi connectivity index (χ2v) is 5.86. The van der Waals surface area contributed by atoms with E-state index in [-0.39, 0.29) is 0 Å². The summed E-state index contributed by atoms with van der Waals surface area (Å²) >= 11 is 0. The quantitative estimate of drug-likeness (QED) is 0.468. The largest absolute Gasteiger partial charge is 0.399 e. The molecule has 0 unspecified atom stereocenters. The van der Waals surface area contributed by atoms with Gasteiger partial charge in [-0.05, 0) is 58.0 Å². The first kappa shape index (κ1) is 15.4. The van der Waals surface area contributed by atoms with Crippen molar-refractivity contribution in [2.75, 3.05) is 5.73 Å². The Morgan fingerprint density at radius 3 is 2.52 bits per heavy atom.